The summed E-state index contributed by atoms with van der Waals surface area (Å²) in [6, 6.07) is 11.1. The monoisotopic (exact) mass is 517 g/mol. The molecule has 1 aromatic heterocycles. The quantitative estimate of drug-likeness (QED) is 0.437. The molecule has 5 N–H and O–H groups in total. The second-order valence-electron chi connectivity index (χ2n) is 8.86. The largest absolute Gasteiger partial charge is 0.395 e. The number of benzene rings is 2. The lowest BCUT2D eigenvalue weighted by Gasteiger charge is -2.33. The molecule has 0 saturated heterocycles. The Kier molecular flexibility index (Phi) is 7.76. The van der Waals surface area contributed by atoms with Crippen LogP contribution < -0.4 is 16.8 Å². The molecule has 0 fully saturated rings. The number of nitrogens with two attached hydrogens (primary N) is 2. The van der Waals surface area contributed by atoms with E-state index in [9.17, 15) is 18.8 Å². The maximum absolute atomic E-state index is 14.6. The standard InChI is InChI=1S/C24H25ClFN5O3S/c1-24(2,3)29-22(33)19(13-8-10-15(25)11-9-13)31(12-14-6-4-5-7-16(14)26)23(34)20-17(27)18(21(28)32)30-35-20/h4-11,19H,12,27H2,1-3H3,(H2,28,32)(H,29,33)/t19-/m1/s1. The van der Waals surface area contributed by atoms with Gasteiger partial charge in [0.1, 0.15) is 16.7 Å². The predicted octanol–water partition coefficient (Wildman–Crippen LogP) is 3.92. The van der Waals surface area contributed by atoms with Crippen molar-refractivity contribution in [1.82, 2.24) is 14.6 Å². The highest BCUT2D eigenvalue weighted by atomic mass is 35.5. The number of nitrogen functional groups attached to an aromatic ring is 1. The molecule has 0 unspecified atom stereocenters. The topological polar surface area (TPSA) is 131 Å². The molecule has 11 heteroatoms. The van der Waals surface area contributed by atoms with E-state index in [1.165, 1.54) is 23.1 Å². The second-order valence-corrected chi connectivity index (χ2v) is 10.1. The van der Waals surface area contributed by atoms with E-state index in [-0.39, 0.29) is 28.4 Å². The summed E-state index contributed by atoms with van der Waals surface area (Å²) in [7, 11) is 0. The molecule has 0 bridgehead atoms. The van der Waals surface area contributed by atoms with Crippen molar-refractivity contribution in [1.29, 1.82) is 0 Å². The first-order chi connectivity index (χ1) is 16.4. The van der Waals surface area contributed by atoms with Crippen molar-refractivity contribution in [2.75, 3.05) is 5.73 Å². The van der Waals surface area contributed by atoms with Crippen molar-refractivity contribution < 1.29 is 18.8 Å². The van der Waals surface area contributed by atoms with Gasteiger partial charge in [-0.2, -0.15) is 4.37 Å². The summed E-state index contributed by atoms with van der Waals surface area (Å²) in [6.07, 6.45) is 0. The number of aromatic nitrogens is 1. The van der Waals surface area contributed by atoms with Gasteiger partial charge in [0, 0.05) is 16.1 Å². The van der Waals surface area contributed by atoms with Crippen LogP contribution in [0.5, 0.6) is 0 Å². The van der Waals surface area contributed by atoms with Crippen LogP contribution in [0.3, 0.4) is 0 Å². The van der Waals surface area contributed by atoms with Gasteiger partial charge < -0.3 is 21.7 Å². The molecular formula is C24H25ClFN5O3S. The Hall–Kier alpha value is -3.50. The van der Waals surface area contributed by atoms with Gasteiger partial charge in [-0.25, -0.2) is 4.39 Å². The smallest absolute Gasteiger partial charge is 0.270 e. The van der Waals surface area contributed by atoms with E-state index in [1.54, 1.807) is 51.1 Å². The molecule has 0 aliphatic carbocycles. The van der Waals surface area contributed by atoms with Crippen molar-refractivity contribution in [2.24, 2.45) is 5.73 Å². The number of amides is 3. The molecule has 3 aromatic rings. The Morgan fingerprint density at radius 1 is 1.14 bits per heavy atom. The summed E-state index contributed by atoms with van der Waals surface area (Å²) in [5.41, 5.74) is 10.9. The van der Waals surface area contributed by atoms with Crippen LogP contribution in [-0.4, -0.2) is 32.5 Å². The van der Waals surface area contributed by atoms with Gasteiger partial charge in [0.25, 0.3) is 11.8 Å². The predicted molar refractivity (Wildman–Crippen MR) is 133 cm³/mol. The average molecular weight is 518 g/mol. The first-order valence-corrected chi connectivity index (χ1v) is 11.7. The molecule has 8 nitrogen and oxygen atoms in total. The molecule has 3 rings (SSSR count). The van der Waals surface area contributed by atoms with Gasteiger partial charge in [-0.05, 0) is 56.1 Å². The Morgan fingerprint density at radius 2 is 1.77 bits per heavy atom. The number of anilines is 1. The summed E-state index contributed by atoms with van der Waals surface area (Å²) >= 11 is 6.73. The van der Waals surface area contributed by atoms with Gasteiger partial charge in [0.05, 0.1) is 12.2 Å². The second kappa shape index (κ2) is 10.4. The lowest BCUT2D eigenvalue weighted by atomic mass is 10.0. The van der Waals surface area contributed by atoms with E-state index in [0.717, 1.165) is 0 Å². The van der Waals surface area contributed by atoms with Gasteiger partial charge in [-0.3, -0.25) is 14.4 Å². The van der Waals surface area contributed by atoms with Gasteiger partial charge >= 0.3 is 0 Å². The highest BCUT2D eigenvalue weighted by Gasteiger charge is 2.36. The molecular weight excluding hydrogens is 493 g/mol. The fraction of sp³-hybridized carbons (Fsp3) is 0.250. The number of nitrogens with one attached hydrogen (secondary N) is 1. The fourth-order valence-electron chi connectivity index (χ4n) is 3.41. The Labute approximate surface area is 211 Å². The lowest BCUT2D eigenvalue weighted by molar-refractivity contribution is -0.127. The molecule has 0 spiro atoms. The minimum absolute atomic E-state index is 0.0855. The molecule has 0 radical (unpaired) electrons. The van der Waals surface area contributed by atoms with E-state index >= 15 is 0 Å². The van der Waals surface area contributed by atoms with Gasteiger partial charge in [-0.15, -0.1) is 0 Å². The van der Waals surface area contributed by atoms with Crippen LogP contribution in [0, 0.1) is 5.82 Å². The van der Waals surface area contributed by atoms with Crippen LogP contribution in [0.4, 0.5) is 10.1 Å². The molecule has 184 valence electrons. The molecule has 1 heterocycles. The van der Waals surface area contributed by atoms with Crippen LogP contribution in [-0.2, 0) is 11.3 Å². The maximum Gasteiger partial charge on any atom is 0.270 e. The summed E-state index contributed by atoms with van der Waals surface area (Å²) < 4.78 is 18.5. The summed E-state index contributed by atoms with van der Waals surface area (Å²) in [5, 5.41) is 3.32. The van der Waals surface area contributed by atoms with Crippen LogP contribution in [0.2, 0.25) is 5.02 Å². The molecule has 35 heavy (non-hydrogen) atoms. The zero-order valence-electron chi connectivity index (χ0n) is 19.3. The third-order valence-corrected chi connectivity index (χ3v) is 6.06. The number of hydrogen-bond donors (Lipinski definition) is 3. The van der Waals surface area contributed by atoms with Crippen molar-refractivity contribution >= 4 is 46.5 Å². The number of rotatable bonds is 7. The van der Waals surface area contributed by atoms with Gasteiger partial charge in [0.2, 0.25) is 5.91 Å². The molecule has 1 atom stereocenters. The first-order valence-electron chi connectivity index (χ1n) is 10.6. The molecule has 3 amide bonds. The van der Waals surface area contributed by atoms with Crippen molar-refractivity contribution in [3.63, 3.8) is 0 Å². The van der Waals surface area contributed by atoms with Crippen molar-refractivity contribution in [3.05, 3.63) is 81.1 Å². The number of nitrogens with zero attached hydrogens (tertiary/aromatic N) is 2. The SMILES string of the molecule is CC(C)(C)NC(=O)[C@@H](c1ccc(Cl)cc1)N(Cc1ccccc1F)C(=O)c1snc(C(N)=O)c1N. The minimum Gasteiger partial charge on any atom is -0.395 e. The number of hydrogen-bond acceptors (Lipinski definition) is 6. The maximum atomic E-state index is 14.6. The van der Waals surface area contributed by atoms with E-state index < -0.39 is 35.1 Å². The van der Waals surface area contributed by atoms with Crippen LogP contribution >= 0.6 is 23.1 Å². The van der Waals surface area contributed by atoms with Crippen LogP contribution in [0.1, 0.15) is 58.1 Å². The Balaban J connectivity index is 2.18. The highest BCUT2D eigenvalue weighted by molar-refractivity contribution is 7.09. The molecule has 0 saturated carbocycles. The Bertz CT molecular complexity index is 1260. The summed E-state index contributed by atoms with van der Waals surface area (Å²) in [4.78, 5) is 40.1. The lowest BCUT2D eigenvalue weighted by Crippen LogP contribution is -2.49. The number of carbonyl (C=O) groups excluding carboxylic acids is 3. The van der Waals surface area contributed by atoms with E-state index in [2.05, 4.69) is 9.69 Å². The average Bonchev–Trinajstić information content (AvgIpc) is 3.15. The fourth-order valence-corrected chi connectivity index (χ4v) is 4.29. The van der Waals surface area contributed by atoms with Crippen LogP contribution in [0.15, 0.2) is 48.5 Å². The number of carbonyl (C=O) groups is 3. The zero-order valence-corrected chi connectivity index (χ0v) is 20.9. The number of halogens is 2. The van der Waals surface area contributed by atoms with Gasteiger partial charge in [-0.1, -0.05) is 41.9 Å². The number of primary amides is 1. The Morgan fingerprint density at radius 3 is 2.31 bits per heavy atom. The molecule has 0 aliphatic heterocycles. The van der Waals surface area contributed by atoms with Crippen molar-refractivity contribution in [2.45, 2.75) is 38.9 Å². The minimum atomic E-state index is -1.18. The zero-order chi connectivity index (χ0) is 25.9. The van der Waals surface area contributed by atoms with Crippen molar-refractivity contribution in [3.8, 4) is 0 Å². The van der Waals surface area contributed by atoms with Gasteiger partial charge in [0.15, 0.2) is 5.69 Å². The third-order valence-electron chi connectivity index (χ3n) is 4.96. The third kappa shape index (κ3) is 6.14. The normalized spacial score (nSPS) is 12.1. The van der Waals surface area contributed by atoms with E-state index in [4.69, 9.17) is 23.1 Å². The summed E-state index contributed by atoms with van der Waals surface area (Å²) in [5.74, 6) is -2.65. The highest BCUT2D eigenvalue weighted by Crippen LogP contribution is 2.31. The summed E-state index contributed by atoms with van der Waals surface area (Å²) in [6.45, 7) is 5.13. The van der Waals surface area contributed by atoms with E-state index in [1.807, 2.05) is 0 Å². The molecule has 0 aliphatic rings. The first kappa shape index (κ1) is 26.1. The van der Waals surface area contributed by atoms with Crippen LogP contribution in [0.25, 0.3) is 0 Å². The van der Waals surface area contributed by atoms with E-state index in [0.29, 0.717) is 22.1 Å². The molecule has 2 aromatic carbocycles.